The first kappa shape index (κ1) is 13.9. The van der Waals surface area contributed by atoms with Crippen LogP contribution in [0.2, 0.25) is 0 Å². The van der Waals surface area contributed by atoms with Gasteiger partial charge in [-0.3, -0.25) is 4.79 Å². The first-order chi connectivity index (χ1) is 9.08. The van der Waals surface area contributed by atoms with Gasteiger partial charge < -0.3 is 15.8 Å². The Morgan fingerprint density at radius 2 is 2.00 bits per heavy atom. The number of carbonyl (C=O) groups excluding carboxylic acids is 1. The van der Waals surface area contributed by atoms with Crippen molar-refractivity contribution in [2.24, 2.45) is 11.7 Å². The summed E-state index contributed by atoms with van der Waals surface area (Å²) in [6.45, 7) is 1.19. The molecule has 0 spiro atoms. The molecule has 1 aromatic carbocycles. The van der Waals surface area contributed by atoms with Gasteiger partial charge in [0.05, 0.1) is 6.04 Å². The van der Waals surface area contributed by atoms with Crippen molar-refractivity contribution < 1.29 is 18.3 Å². The van der Waals surface area contributed by atoms with Crippen molar-refractivity contribution in [1.82, 2.24) is 0 Å². The lowest BCUT2D eigenvalue weighted by Gasteiger charge is -2.26. The van der Waals surface area contributed by atoms with Gasteiger partial charge in [-0.05, 0) is 30.9 Å². The molecule has 1 saturated heterocycles. The third-order valence-corrected chi connectivity index (χ3v) is 3.26. The maximum absolute atomic E-state index is 13.0. The molecule has 0 bridgehead atoms. The van der Waals surface area contributed by atoms with Gasteiger partial charge in [-0.25, -0.2) is 8.78 Å². The number of nitrogens with one attached hydrogen (secondary N) is 1. The van der Waals surface area contributed by atoms with Crippen molar-refractivity contribution in [3.8, 4) is 0 Å². The second-order valence-corrected chi connectivity index (χ2v) is 4.59. The highest BCUT2D eigenvalue weighted by Gasteiger charge is 2.26. The maximum Gasteiger partial charge on any atom is 0.241 e. The zero-order chi connectivity index (χ0) is 13.8. The van der Waals surface area contributed by atoms with Crippen LogP contribution in [0, 0.1) is 17.6 Å². The topological polar surface area (TPSA) is 64.4 Å². The summed E-state index contributed by atoms with van der Waals surface area (Å²) < 4.78 is 31.0. The first-order valence-corrected chi connectivity index (χ1v) is 6.17. The third kappa shape index (κ3) is 3.48. The Morgan fingerprint density at radius 3 is 2.63 bits per heavy atom. The molecule has 2 rings (SSSR count). The second kappa shape index (κ2) is 6.08. The van der Waals surface area contributed by atoms with E-state index in [-0.39, 0.29) is 11.6 Å². The number of ether oxygens (including phenoxy) is 1. The van der Waals surface area contributed by atoms with E-state index in [0.29, 0.717) is 13.2 Å². The Hall–Kier alpha value is -1.53. The molecule has 1 unspecified atom stereocenters. The Bertz CT molecular complexity index is 462. The molecule has 1 atom stereocenters. The van der Waals surface area contributed by atoms with Gasteiger partial charge in [-0.15, -0.1) is 0 Å². The number of benzene rings is 1. The Balaban J connectivity index is 1.97. The van der Waals surface area contributed by atoms with Crippen molar-refractivity contribution >= 4 is 11.6 Å². The highest BCUT2D eigenvalue weighted by molar-refractivity contribution is 5.94. The number of nitrogens with two attached hydrogens (primary N) is 1. The fourth-order valence-electron chi connectivity index (χ4n) is 2.09. The van der Waals surface area contributed by atoms with E-state index in [4.69, 9.17) is 10.5 Å². The van der Waals surface area contributed by atoms with Crippen LogP contribution in [0.1, 0.15) is 12.8 Å². The molecular weight excluding hydrogens is 254 g/mol. The van der Waals surface area contributed by atoms with E-state index in [1.807, 2.05) is 0 Å². The van der Waals surface area contributed by atoms with Crippen LogP contribution in [0.15, 0.2) is 18.2 Å². The minimum absolute atomic E-state index is 0.0547. The van der Waals surface area contributed by atoms with Gasteiger partial charge in [-0.2, -0.15) is 0 Å². The summed E-state index contributed by atoms with van der Waals surface area (Å²) in [4.78, 5) is 11.9. The Morgan fingerprint density at radius 1 is 1.32 bits per heavy atom. The van der Waals surface area contributed by atoms with Crippen molar-refractivity contribution in [3.05, 3.63) is 29.8 Å². The van der Waals surface area contributed by atoms with Crippen LogP contribution in [0.4, 0.5) is 14.5 Å². The Kier molecular flexibility index (Phi) is 4.44. The van der Waals surface area contributed by atoms with Crippen LogP contribution in [0.3, 0.4) is 0 Å². The molecule has 0 aromatic heterocycles. The summed E-state index contributed by atoms with van der Waals surface area (Å²) >= 11 is 0. The molecule has 1 fully saturated rings. The lowest BCUT2D eigenvalue weighted by atomic mass is 9.92. The van der Waals surface area contributed by atoms with Crippen molar-refractivity contribution in [3.63, 3.8) is 0 Å². The molecule has 6 heteroatoms. The van der Waals surface area contributed by atoms with Crippen molar-refractivity contribution in [2.45, 2.75) is 18.9 Å². The number of hydrogen-bond donors (Lipinski definition) is 2. The van der Waals surface area contributed by atoms with Crippen LogP contribution in [-0.2, 0) is 9.53 Å². The molecule has 4 nitrogen and oxygen atoms in total. The van der Waals surface area contributed by atoms with Crippen LogP contribution >= 0.6 is 0 Å². The van der Waals surface area contributed by atoms with Crippen molar-refractivity contribution in [2.75, 3.05) is 18.5 Å². The van der Waals surface area contributed by atoms with Gasteiger partial charge in [0.1, 0.15) is 0 Å². The number of anilines is 1. The smallest absolute Gasteiger partial charge is 0.241 e. The van der Waals surface area contributed by atoms with E-state index in [9.17, 15) is 13.6 Å². The fraction of sp³-hybridized carbons (Fsp3) is 0.462. The molecule has 1 heterocycles. The molecular formula is C13H16F2N2O2. The van der Waals surface area contributed by atoms with E-state index < -0.39 is 23.6 Å². The van der Waals surface area contributed by atoms with Gasteiger partial charge >= 0.3 is 0 Å². The van der Waals surface area contributed by atoms with E-state index in [1.54, 1.807) is 0 Å². The van der Waals surface area contributed by atoms with Gasteiger partial charge in [0.15, 0.2) is 11.6 Å². The second-order valence-electron chi connectivity index (χ2n) is 4.59. The predicted molar refractivity (Wildman–Crippen MR) is 66.5 cm³/mol. The lowest BCUT2D eigenvalue weighted by Crippen LogP contribution is -2.44. The number of carbonyl (C=O) groups is 1. The van der Waals surface area contributed by atoms with Crippen LogP contribution < -0.4 is 11.1 Å². The molecule has 0 saturated carbocycles. The molecule has 1 aliphatic heterocycles. The average Bonchev–Trinajstić information content (AvgIpc) is 2.43. The molecule has 0 aliphatic carbocycles. The fourth-order valence-corrected chi connectivity index (χ4v) is 2.09. The summed E-state index contributed by atoms with van der Waals surface area (Å²) in [5, 5.41) is 2.50. The summed E-state index contributed by atoms with van der Waals surface area (Å²) in [7, 11) is 0. The first-order valence-electron chi connectivity index (χ1n) is 6.17. The van der Waals surface area contributed by atoms with Crippen LogP contribution in [0.25, 0.3) is 0 Å². The van der Waals surface area contributed by atoms with E-state index in [1.165, 1.54) is 6.07 Å². The third-order valence-electron chi connectivity index (χ3n) is 3.26. The quantitative estimate of drug-likeness (QED) is 0.878. The molecule has 104 valence electrons. The molecule has 1 aromatic rings. The van der Waals surface area contributed by atoms with Gasteiger partial charge in [-0.1, -0.05) is 0 Å². The van der Waals surface area contributed by atoms with E-state index in [0.717, 1.165) is 25.0 Å². The highest BCUT2D eigenvalue weighted by atomic mass is 19.2. The summed E-state index contributed by atoms with van der Waals surface area (Å²) in [6.07, 6.45) is 1.46. The molecule has 19 heavy (non-hydrogen) atoms. The monoisotopic (exact) mass is 270 g/mol. The summed E-state index contributed by atoms with van der Waals surface area (Å²) in [5.41, 5.74) is 6.07. The van der Waals surface area contributed by atoms with Crippen LogP contribution in [-0.4, -0.2) is 25.2 Å². The number of halogens is 2. The maximum atomic E-state index is 13.0. The minimum Gasteiger partial charge on any atom is -0.381 e. The van der Waals surface area contributed by atoms with Gasteiger partial charge in [0, 0.05) is 25.0 Å². The zero-order valence-electron chi connectivity index (χ0n) is 10.4. The van der Waals surface area contributed by atoms with Gasteiger partial charge in [0.25, 0.3) is 0 Å². The summed E-state index contributed by atoms with van der Waals surface area (Å²) in [6, 6.07) is 2.53. The number of rotatable bonds is 3. The van der Waals surface area contributed by atoms with Gasteiger partial charge in [0.2, 0.25) is 5.91 Å². The summed E-state index contributed by atoms with van der Waals surface area (Å²) in [5.74, 6) is -2.29. The van der Waals surface area contributed by atoms with Crippen molar-refractivity contribution in [1.29, 1.82) is 0 Å². The number of hydrogen-bond acceptors (Lipinski definition) is 3. The normalized spacial score (nSPS) is 18.1. The Labute approximate surface area is 109 Å². The lowest BCUT2D eigenvalue weighted by molar-refractivity contribution is -0.119. The minimum atomic E-state index is -1.00. The standard InChI is InChI=1S/C13H16F2N2O2/c14-10-2-1-9(7-11(10)15)17-13(18)12(16)8-3-5-19-6-4-8/h1-2,7-8,12H,3-6,16H2,(H,17,18). The van der Waals surface area contributed by atoms with E-state index in [2.05, 4.69) is 5.32 Å². The van der Waals surface area contributed by atoms with Crippen LogP contribution in [0.5, 0.6) is 0 Å². The van der Waals surface area contributed by atoms with E-state index >= 15 is 0 Å². The predicted octanol–water partition coefficient (Wildman–Crippen LogP) is 1.66. The SMILES string of the molecule is NC(C(=O)Nc1ccc(F)c(F)c1)C1CCOCC1. The number of amides is 1. The largest absolute Gasteiger partial charge is 0.381 e. The molecule has 3 N–H and O–H groups in total. The average molecular weight is 270 g/mol. The highest BCUT2D eigenvalue weighted by Crippen LogP contribution is 2.19. The zero-order valence-corrected chi connectivity index (χ0v) is 10.4. The molecule has 0 radical (unpaired) electrons. The molecule has 1 aliphatic rings. The molecule has 1 amide bonds.